The van der Waals surface area contributed by atoms with Gasteiger partial charge in [-0.3, -0.25) is 0 Å². The fraction of sp³-hybridized carbons (Fsp3) is 0.923. The number of carbonyl (C=O) groups is 1. The van der Waals surface area contributed by atoms with Gasteiger partial charge in [0, 0.05) is 19.2 Å². The molecule has 100 valence electrons. The number of nitrogens with one attached hydrogen (secondary N) is 2. The maximum Gasteiger partial charge on any atom is 0.315 e. The molecule has 4 nitrogen and oxygen atoms in total. The molecule has 0 aliphatic heterocycles. The van der Waals surface area contributed by atoms with E-state index in [9.17, 15) is 4.79 Å². The largest absolute Gasteiger partial charge is 0.396 e. The number of carbonyl (C=O) groups excluding carboxylic acids is 1. The van der Waals surface area contributed by atoms with E-state index in [-0.39, 0.29) is 12.6 Å². The first-order valence-corrected chi connectivity index (χ1v) is 6.91. The van der Waals surface area contributed by atoms with Crippen molar-refractivity contribution in [1.29, 1.82) is 0 Å². The van der Waals surface area contributed by atoms with E-state index in [1.54, 1.807) is 0 Å². The molecule has 3 N–H and O–H groups in total. The van der Waals surface area contributed by atoms with E-state index >= 15 is 0 Å². The Balaban J connectivity index is 2.14. The summed E-state index contributed by atoms with van der Waals surface area (Å²) in [5.74, 6) is 0.386. The summed E-state index contributed by atoms with van der Waals surface area (Å²) < 4.78 is 0. The maximum atomic E-state index is 11.7. The van der Waals surface area contributed by atoms with Crippen molar-refractivity contribution in [3.05, 3.63) is 0 Å². The van der Waals surface area contributed by atoms with E-state index in [0.29, 0.717) is 18.5 Å². The number of urea groups is 1. The number of aliphatic hydroxyl groups excluding tert-OH is 1. The molecular weight excluding hydrogens is 216 g/mol. The van der Waals surface area contributed by atoms with Gasteiger partial charge in [0.1, 0.15) is 0 Å². The standard InChI is InChI=1S/C13H26N2O2/c1-2-11(8-9-16)10-14-13(17)15-12-6-4-3-5-7-12/h11-12,16H,2-10H2,1H3,(H2,14,15,17). The second kappa shape index (κ2) is 8.34. The van der Waals surface area contributed by atoms with Crippen LogP contribution in [0.15, 0.2) is 0 Å². The van der Waals surface area contributed by atoms with Crippen molar-refractivity contribution in [3.8, 4) is 0 Å². The van der Waals surface area contributed by atoms with Gasteiger partial charge in [0.25, 0.3) is 0 Å². The average molecular weight is 242 g/mol. The minimum atomic E-state index is -0.0479. The van der Waals surface area contributed by atoms with E-state index < -0.39 is 0 Å². The van der Waals surface area contributed by atoms with Crippen molar-refractivity contribution in [1.82, 2.24) is 10.6 Å². The first-order chi connectivity index (χ1) is 8.26. The highest BCUT2D eigenvalue weighted by Gasteiger charge is 2.15. The number of hydrogen-bond acceptors (Lipinski definition) is 2. The Labute approximate surface area is 104 Å². The lowest BCUT2D eigenvalue weighted by atomic mass is 9.96. The summed E-state index contributed by atoms with van der Waals surface area (Å²) in [6.45, 7) is 2.95. The van der Waals surface area contributed by atoms with Gasteiger partial charge < -0.3 is 15.7 Å². The van der Waals surface area contributed by atoms with Crippen LogP contribution in [0.4, 0.5) is 4.79 Å². The highest BCUT2D eigenvalue weighted by molar-refractivity contribution is 5.74. The summed E-state index contributed by atoms with van der Waals surface area (Å²) in [6.07, 6.45) is 7.74. The van der Waals surface area contributed by atoms with Gasteiger partial charge in [0.15, 0.2) is 0 Å². The van der Waals surface area contributed by atoms with Crippen LogP contribution in [-0.4, -0.2) is 30.3 Å². The van der Waals surface area contributed by atoms with Crippen LogP contribution in [0.5, 0.6) is 0 Å². The van der Waals surface area contributed by atoms with Crippen LogP contribution < -0.4 is 10.6 Å². The Morgan fingerprint density at radius 2 is 2.06 bits per heavy atom. The summed E-state index contributed by atoms with van der Waals surface area (Å²) in [6, 6.07) is 0.315. The number of aliphatic hydroxyl groups is 1. The van der Waals surface area contributed by atoms with Crippen LogP contribution in [0.2, 0.25) is 0 Å². The first-order valence-electron chi connectivity index (χ1n) is 6.91. The molecule has 0 aromatic carbocycles. The molecule has 1 rings (SSSR count). The zero-order valence-corrected chi connectivity index (χ0v) is 10.9. The minimum Gasteiger partial charge on any atom is -0.396 e. The van der Waals surface area contributed by atoms with E-state index in [1.165, 1.54) is 19.3 Å². The third kappa shape index (κ3) is 5.91. The van der Waals surface area contributed by atoms with Gasteiger partial charge >= 0.3 is 6.03 Å². The highest BCUT2D eigenvalue weighted by Crippen LogP contribution is 2.17. The molecule has 0 aromatic rings. The van der Waals surface area contributed by atoms with Crippen molar-refractivity contribution < 1.29 is 9.90 Å². The van der Waals surface area contributed by atoms with Crippen molar-refractivity contribution in [2.75, 3.05) is 13.2 Å². The average Bonchev–Trinajstić information content (AvgIpc) is 2.35. The highest BCUT2D eigenvalue weighted by atomic mass is 16.3. The summed E-state index contributed by atoms with van der Waals surface area (Å²) in [5.41, 5.74) is 0. The van der Waals surface area contributed by atoms with E-state index in [0.717, 1.165) is 25.7 Å². The lowest BCUT2D eigenvalue weighted by Gasteiger charge is -2.23. The second-order valence-electron chi connectivity index (χ2n) is 4.98. The summed E-state index contributed by atoms with van der Waals surface area (Å²) >= 11 is 0. The van der Waals surface area contributed by atoms with Gasteiger partial charge in [-0.05, 0) is 25.2 Å². The summed E-state index contributed by atoms with van der Waals surface area (Å²) in [7, 11) is 0. The molecule has 2 amide bonds. The fourth-order valence-electron chi connectivity index (χ4n) is 2.35. The first kappa shape index (κ1) is 14.3. The van der Waals surface area contributed by atoms with Crippen LogP contribution in [0.1, 0.15) is 51.9 Å². The molecule has 0 radical (unpaired) electrons. The number of amides is 2. The van der Waals surface area contributed by atoms with Crippen LogP contribution in [0.25, 0.3) is 0 Å². The molecule has 0 bridgehead atoms. The van der Waals surface area contributed by atoms with Crippen LogP contribution >= 0.6 is 0 Å². The van der Waals surface area contributed by atoms with E-state index in [4.69, 9.17) is 5.11 Å². The smallest absolute Gasteiger partial charge is 0.315 e. The molecule has 0 saturated heterocycles. The molecule has 0 heterocycles. The van der Waals surface area contributed by atoms with Gasteiger partial charge in [-0.25, -0.2) is 4.79 Å². The second-order valence-corrected chi connectivity index (χ2v) is 4.98. The van der Waals surface area contributed by atoms with Gasteiger partial charge in [-0.1, -0.05) is 32.6 Å². The fourth-order valence-corrected chi connectivity index (χ4v) is 2.35. The van der Waals surface area contributed by atoms with Crippen LogP contribution in [0.3, 0.4) is 0 Å². The van der Waals surface area contributed by atoms with Crippen LogP contribution in [-0.2, 0) is 0 Å². The Morgan fingerprint density at radius 3 is 2.65 bits per heavy atom. The van der Waals surface area contributed by atoms with Gasteiger partial charge in [-0.15, -0.1) is 0 Å². The molecule has 4 heteroatoms. The molecule has 1 aliphatic rings. The topological polar surface area (TPSA) is 61.4 Å². The zero-order chi connectivity index (χ0) is 12.5. The monoisotopic (exact) mass is 242 g/mol. The van der Waals surface area contributed by atoms with E-state index in [2.05, 4.69) is 17.6 Å². The zero-order valence-electron chi connectivity index (χ0n) is 10.9. The number of rotatable bonds is 6. The molecule has 1 unspecified atom stereocenters. The van der Waals surface area contributed by atoms with Gasteiger partial charge in [-0.2, -0.15) is 0 Å². The molecule has 1 fully saturated rings. The minimum absolute atomic E-state index is 0.0479. The number of hydrogen-bond donors (Lipinski definition) is 3. The Bertz CT molecular complexity index is 215. The molecule has 0 spiro atoms. The molecular formula is C13H26N2O2. The Kier molecular flexibility index (Phi) is 7.01. The normalized spacial score (nSPS) is 18.7. The van der Waals surface area contributed by atoms with Crippen molar-refractivity contribution in [3.63, 3.8) is 0 Å². The van der Waals surface area contributed by atoms with Gasteiger partial charge in [0.2, 0.25) is 0 Å². The summed E-state index contributed by atoms with van der Waals surface area (Å²) in [5, 5.41) is 14.8. The summed E-state index contributed by atoms with van der Waals surface area (Å²) in [4.78, 5) is 11.7. The predicted octanol–water partition coefficient (Wildman–Crippen LogP) is 2.03. The quantitative estimate of drug-likeness (QED) is 0.667. The van der Waals surface area contributed by atoms with Crippen molar-refractivity contribution >= 4 is 6.03 Å². The molecule has 1 atom stereocenters. The van der Waals surface area contributed by atoms with Crippen molar-refractivity contribution in [2.24, 2.45) is 5.92 Å². The van der Waals surface area contributed by atoms with Crippen LogP contribution in [0, 0.1) is 5.92 Å². The Morgan fingerprint density at radius 1 is 1.35 bits per heavy atom. The molecule has 17 heavy (non-hydrogen) atoms. The SMILES string of the molecule is CCC(CCO)CNC(=O)NC1CCCCC1. The molecule has 1 aliphatic carbocycles. The lowest BCUT2D eigenvalue weighted by molar-refractivity contribution is 0.224. The predicted molar refractivity (Wildman–Crippen MR) is 68.9 cm³/mol. The molecule has 1 saturated carbocycles. The third-order valence-electron chi connectivity index (χ3n) is 3.61. The molecule has 0 aromatic heterocycles. The van der Waals surface area contributed by atoms with Crippen molar-refractivity contribution in [2.45, 2.75) is 57.9 Å². The van der Waals surface area contributed by atoms with Gasteiger partial charge in [0.05, 0.1) is 0 Å². The van der Waals surface area contributed by atoms with E-state index in [1.807, 2.05) is 0 Å². The lowest BCUT2D eigenvalue weighted by Crippen LogP contribution is -2.44. The maximum absolute atomic E-state index is 11.7. The third-order valence-corrected chi connectivity index (χ3v) is 3.61. The Hall–Kier alpha value is -0.770.